The molecule has 6 heteroatoms. The normalized spacial score (nSPS) is 24.4. The topological polar surface area (TPSA) is 78.9 Å². The molecule has 0 saturated heterocycles. The van der Waals surface area contributed by atoms with Crippen molar-refractivity contribution < 1.29 is 19.4 Å². The van der Waals surface area contributed by atoms with Gasteiger partial charge in [0.25, 0.3) is 5.91 Å². The molecule has 1 amide bonds. The van der Waals surface area contributed by atoms with Crippen LogP contribution in [0.3, 0.4) is 0 Å². The summed E-state index contributed by atoms with van der Waals surface area (Å²) < 4.78 is 5.82. The highest BCUT2D eigenvalue weighted by Gasteiger charge is 2.37. The Kier molecular flexibility index (Phi) is 4.99. The minimum atomic E-state index is -0.808. The summed E-state index contributed by atoms with van der Waals surface area (Å²) in [5.74, 6) is -0.0679. The van der Waals surface area contributed by atoms with E-state index >= 15 is 0 Å². The first-order chi connectivity index (χ1) is 11.9. The molecule has 25 heavy (non-hydrogen) atoms. The number of hydrogen-bond donors (Lipinski definition) is 2. The lowest BCUT2D eigenvalue weighted by Gasteiger charge is -2.42. The molecule has 0 aromatic heterocycles. The van der Waals surface area contributed by atoms with Crippen LogP contribution in [0.2, 0.25) is 0 Å². The van der Waals surface area contributed by atoms with Gasteiger partial charge in [-0.2, -0.15) is 0 Å². The molecule has 2 aliphatic rings. The smallest absolute Gasteiger partial charge is 0.317 e. The number of nitrogens with one attached hydrogen (secondary N) is 1. The predicted octanol–water partition coefficient (Wildman–Crippen LogP) is 1.66. The fourth-order valence-electron chi connectivity index (χ4n) is 3.63. The minimum Gasteiger partial charge on any atom is -0.480 e. The third-order valence-corrected chi connectivity index (χ3v) is 5.36. The van der Waals surface area contributed by atoms with Crippen LogP contribution in [0.25, 0.3) is 0 Å². The van der Waals surface area contributed by atoms with Gasteiger partial charge in [0, 0.05) is 18.5 Å². The van der Waals surface area contributed by atoms with Gasteiger partial charge in [-0.25, -0.2) is 0 Å². The molecule has 1 heterocycles. The highest BCUT2D eigenvalue weighted by atomic mass is 16.5. The zero-order valence-corrected chi connectivity index (χ0v) is 15.0. The van der Waals surface area contributed by atoms with Gasteiger partial charge in [0.1, 0.15) is 5.75 Å². The minimum absolute atomic E-state index is 0.0571. The molecule has 0 spiro atoms. The monoisotopic (exact) mass is 346 g/mol. The summed E-state index contributed by atoms with van der Waals surface area (Å²) in [4.78, 5) is 25.3. The van der Waals surface area contributed by atoms with E-state index < -0.39 is 12.1 Å². The lowest BCUT2D eigenvalue weighted by molar-refractivity contribution is -0.140. The standard InChI is InChI=1S/C19H26N2O4/c1-4-21(10-18(22)23)15-8-14(9-15)20-19(24)17-7-13-5-11(2)12(3)6-16(13)25-17/h5-6,14-15,17H,4,7-10H2,1-3H3,(H,20,24)(H,22,23). The van der Waals surface area contributed by atoms with Crippen LogP contribution in [0, 0.1) is 13.8 Å². The molecule has 1 aromatic rings. The summed E-state index contributed by atoms with van der Waals surface area (Å²) in [5, 5.41) is 12.0. The van der Waals surface area contributed by atoms with E-state index in [-0.39, 0.29) is 24.5 Å². The third kappa shape index (κ3) is 3.79. The number of carboxylic acid groups (broad SMARTS) is 1. The van der Waals surface area contributed by atoms with Crippen LogP contribution < -0.4 is 10.1 Å². The number of carbonyl (C=O) groups is 2. The quantitative estimate of drug-likeness (QED) is 0.819. The lowest BCUT2D eigenvalue weighted by atomic mass is 9.85. The van der Waals surface area contributed by atoms with Crippen LogP contribution in [-0.4, -0.2) is 53.2 Å². The number of amides is 1. The highest BCUT2D eigenvalue weighted by Crippen LogP contribution is 2.32. The van der Waals surface area contributed by atoms with Gasteiger partial charge < -0.3 is 15.2 Å². The molecule has 1 aromatic carbocycles. The number of carbonyl (C=O) groups excluding carboxylic acids is 1. The summed E-state index contributed by atoms with van der Waals surface area (Å²) in [6.45, 7) is 6.83. The number of nitrogens with zero attached hydrogens (tertiary/aromatic N) is 1. The Balaban J connectivity index is 1.49. The van der Waals surface area contributed by atoms with Crippen molar-refractivity contribution in [1.29, 1.82) is 0 Å². The van der Waals surface area contributed by atoms with Crippen molar-refractivity contribution in [1.82, 2.24) is 10.2 Å². The fourth-order valence-corrected chi connectivity index (χ4v) is 3.63. The summed E-state index contributed by atoms with van der Waals surface area (Å²) in [5.41, 5.74) is 3.47. The Morgan fingerprint density at radius 2 is 1.96 bits per heavy atom. The van der Waals surface area contributed by atoms with E-state index in [1.807, 2.05) is 24.8 Å². The molecule has 6 nitrogen and oxygen atoms in total. The van der Waals surface area contributed by atoms with Gasteiger partial charge in [0.2, 0.25) is 0 Å². The number of benzene rings is 1. The zero-order valence-electron chi connectivity index (χ0n) is 15.0. The SMILES string of the molecule is CCN(CC(=O)O)C1CC(NC(=O)C2Cc3cc(C)c(C)cc3O2)C1. The number of fused-ring (bicyclic) bond motifs is 1. The average molecular weight is 346 g/mol. The van der Waals surface area contributed by atoms with E-state index in [2.05, 4.69) is 18.3 Å². The van der Waals surface area contributed by atoms with Crippen molar-refractivity contribution in [3.63, 3.8) is 0 Å². The Morgan fingerprint density at radius 1 is 1.28 bits per heavy atom. The second-order valence-corrected chi connectivity index (χ2v) is 7.14. The van der Waals surface area contributed by atoms with Gasteiger partial charge in [-0.05, 0) is 56.0 Å². The summed E-state index contributed by atoms with van der Waals surface area (Å²) in [6, 6.07) is 4.44. The number of carboxylic acids is 1. The first-order valence-corrected chi connectivity index (χ1v) is 8.90. The van der Waals surface area contributed by atoms with Crippen molar-refractivity contribution >= 4 is 11.9 Å². The van der Waals surface area contributed by atoms with Gasteiger partial charge in [0.05, 0.1) is 6.54 Å². The molecule has 1 unspecified atom stereocenters. The maximum absolute atomic E-state index is 12.5. The molecule has 136 valence electrons. The zero-order chi connectivity index (χ0) is 18.1. The van der Waals surface area contributed by atoms with E-state index in [0.717, 1.165) is 24.2 Å². The second kappa shape index (κ2) is 7.04. The van der Waals surface area contributed by atoms with E-state index in [4.69, 9.17) is 9.84 Å². The second-order valence-electron chi connectivity index (χ2n) is 7.14. The van der Waals surface area contributed by atoms with Gasteiger partial charge in [-0.3, -0.25) is 14.5 Å². The number of aliphatic carboxylic acids is 1. The maximum atomic E-state index is 12.5. The Hall–Kier alpha value is -2.08. The van der Waals surface area contributed by atoms with Gasteiger partial charge in [0.15, 0.2) is 6.10 Å². The average Bonchev–Trinajstić information content (AvgIpc) is 2.91. The van der Waals surface area contributed by atoms with Gasteiger partial charge >= 0.3 is 5.97 Å². The van der Waals surface area contributed by atoms with E-state index in [9.17, 15) is 9.59 Å². The molecule has 2 N–H and O–H groups in total. The van der Waals surface area contributed by atoms with Crippen molar-refractivity contribution in [3.05, 3.63) is 28.8 Å². The molecular formula is C19H26N2O4. The molecular weight excluding hydrogens is 320 g/mol. The number of aryl methyl sites for hydroxylation is 2. The maximum Gasteiger partial charge on any atom is 0.317 e. The van der Waals surface area contributed by atoms with Crippen LogP contribution in [0.5, 0.6) is 5.75 Å². The largest absolute Gasteiger partial charge is 0.480 e. The highest BCUT2D eigenvalue weighted by molar-refractivity contribution is 5.83. The first-order valence-electron chi connectivity index (χ1n) is 8.90. The molecule has 1 atom stereocenters. The van der Waals surface area contributed by atoms with Crippen LogP contribution in [0.1, 0.15) is 36.5 Å². The Bertz CT molecular complexity index is 651. The van der Waals surface area contributed by atoms with E-state index in [1.54, 1.807) is 0 Å². The first kappa shape index (κ1) is 17.7. The van der Waals surface area contributed by atoms with Crippen molar-refractivity contribution in [3.8, 4) is 5.75 Å². The molecule has 0 radical (unpaired) electrons. The number of hydrogen-bond acceptors (Lipinski definition) is 4. The molecule has 1 fully saturated rings. The summed E-state index contributed by atoms with van der Waals surface area (Å²) >= 11 is 0. The molecule has 1 aliphatic heterocycles. The Morgan fingerprint density at radius 3 is 2.60 bits per heavy atom. The van der Waals surface area contributed by atoms with Crippen molar-refractivity contribution in [2.75, 3.05) is 13.1 Å². The van der Waals surface area contributed by atoms with Crippen LogP contribution in [0.15, 0.2) is 12.1 Å². The van der Waals surface area contributed by atoms with Crippen LogP contribution in [-0.2, 0) is 16.0 Å². The molecule has 1 saturated carbocycles. The van der Waals surface area contributed by atoms with Crippen LogP contribution in [0.4, 0.5) is 0 Å². The van der Waals surface area contributed by atoms with Gasteiger partial charge in [-0.1, -0.05) is 13.0 Å². The molecule has 0 bridgehead atoms. The summed E-state index contributed by atoms with van der Waals surface area (Å²) in [6.07, 6.45) is 1.74. The lowest BCUT2D eigenvalue weighted by Crippen LogP contribution is -2.56. The molecule has 1 aliphatic carbocycles. The third-order valence-electron chi connectivity index (χ3n) is 5.36. The predicted molar refractivity (Wildman–Crippen MR) is 93.9 cm³/mol. The van der Waals surface area contributed by atoms with Crippen LogP contribution >= 0.6 is 0 Å². The number of rotatable bonds is 6. The number of ether oxygens (including phenoxy) is 1. The Labute approximate surface area is 148 Å². The van der Waals surface area contributed by atoms with E-state index in [1.165, 1.54) is 11.1 Å². The van der Waals surface area contributed by atoms with Gasteiger partial charge in [-0.15, -0.1) is 0 Å². The van der Waals surface area contributed by atoms with Crippen molar-refractivity contribution in [2.24, 2.45) is 0 Å². The number of likely N-dealkylation sites (N-methyl/N-ethyl adjacent to an activating group) is 1. The summed E-state index contributed by atoms with van der Waals surface area (Å²) in [7, 11) is 0. The molecule has 3 rings (SSSR count). The van der Waals surface area contributed by atoms with E-state index in [0.29, 0.717) is 13.0 Å². The fraction of sp³-hybridized carbons (Fsp3) is 0.579. The van der Waals surface area contributed by atoms with Crippen molar-refractivity contribution in [2.45, 2.75) is 58.2 Å².